The number of hydrogen-bond donors (Lipinski definition) is 1. The van der Waals surface area contributed by atoms with Crippen LogP contribution in [-0.4, -0.2) is 28.8 Å². The number of nitrogens with zero attached hydrogens (tertiary/aromatic N) is 3. The number of Topliss-reactive ketones (excluding diaryl/α,β-unsaturated/α-hetero) is 1. The van der Waals surface area contributed by atoms with Crippen molar-refractivity contribution in [2.24, 2.45) is 5.92 Å². The van der Waals surface area contributed by atoms with Crippen LogP contribution in [-0.2, 0) is 6.42 Å². The molecule has 0 bridgehead atoms. The van der Waals surface area contributed by atoms with Crippen LogP contribution in [0.4, 0.5) is 17.5 Å². The Morgan fingerprint density at radius 3 is 2.60 bits per heavy atom. The lowest BCUT2D eigenvalue weighted by Gasteiger charge is -2.31. The van der Waals surface area contributed by atoms with E-state index in [9.17, 15) is 4.79 Å². The molecule has 1 N–H and O–H groups in total. The largest absolute Gasteiger partial charge is 0.341 e. The van der Waals surface area contributed by atoms with Gasteiger partial charge in [0.15, 0.2) is 5.78 Å². The first kappa shape index (κ1) is 16.1. The smallest absolute Gasteiger partial charge is 0.227 e. The Morgan fingerprint density at radius 1 is 1.08 bits per heavy atom. The highest BCUT2D eigenvalue weighted by atomic mass is 16.1. The van der Waals surface area contributed by atoms with E-state index in [2.05, 4.69) is 17.1 Å². The van der Waals surface area contributed by atoms with Crippen molar-refractivity contribution in [1.29, 1.82) is 0 Å². The number of fused-ring (bicyclic) bond motifs is 1. The monoisotopic (exact) mass is 336 g/mol. The molecule has 0 amide bonds. The van der Waals surface area contributed by atoms with Crippen LogP contribution in [0.2, 0.25) is 0 Å². The molecule has 1 aliphatic heterocycles. The summed E-state index contributed by atoms with van der Waals surface area (Å²) >= 11 is 0. The minimum Gasteiger partial charge on any atom is -0.341 e. The number of piperidine rings is 1. The van der Waals surface area contributed by atoms with Gasteiger partial charge in [0.1, 0.15) is 5.82 Å². The Morgan fingerprint density at radius 2 is 1.84 bits per heavy atom. The van der Waals surface area contributed by atoms with E-state index in [0.29, 0.717) is 17.8 Å². The lowest BCUT2D eigenvalue weighted by molar-refractivity contribution is 0.0972. The molecule has 2 aliphatic rings. The molecule has 2 aromatic rings. The normalized spacial score (nSPS) is 18.1. The molecule has 1 fully saturated rings. The summed E-state index contributed by atoms with van der Waals surface area (Å²) in [5.74, 6) is 2.34. The molecule has 0 radical (unpaired) electrons. The predicted molar refractivity (Wildman–Crippen MR) is 99.6 cm³/mol. The summed E-state index contributed by atoms with van der Waals surface area (Å²) in [4.78, 5) is 24.3. The number of ketones is 1. The van der Waals surface area contributed by atoms with E-state index >= 15 is 0 Å². The van der Waals surface area contributed by atoms with Gasteiger partial charge in [-0.25, -0.2) is 4.98 Å². The standard InChI is InChI=1S/C20H24N4O/c1-14-10-12-24(13-11-14)20-22-16-8-5-9-17(25)18(16)19(23-20)21-15-6-3-2-4-7-15/h2-4,6-7,14H,5,8-13H2,1H3,(H,21,22,23). The summed E-state index contributed by atoms with van der Waals surface area (Å²) < 4.78 is 0. The van der Waals surface area contributed by atoms with Gasteiger partial charge in [0.2, 0.25) is 5.95 Å². The van der Waals surface area contributed by atoms with Gasteiger partial charge in [-0.3, -0.25) is 4.79 Å². The summed E-state index contributed by atoms with van der Waals surface area (Å²) in [5, 5.41) is 3.35. The number of carbonyl (C=O) groups excluding carboxylic acids is 1. The van der Waals surface area contributed by atoms with E-state index in [0.717, 1.165) is 49.2 Å². The molecule has 0 saturated carbocycles. The van der Waals surface area contributed by atoms with Crippen molar-refractivity contribution in [3.8, 4) is 0 Å². The number of aryl methyl sites for hydroxylation is 1. The topological polar surface area (TPSA) is 58.1 Å². The molecule has 0 unspecified atom stereocenters. The van der Waals surface area contributed by atoms with E-state index in [1.54, 1.807) is 0 Å². The number of anilines is 3. The number of para-hydroxylation sites is 1. The number of benzene rings is 1. The average molecular weight is 336 g/mol. The molecule has 1 aromatic carbocycles. The zero-order valence-electron chi connectivity index (χ0n) is 14.7. The third-order valence-electron chi connectivity index (χ3n) is 5.17. The summed E-state index contributed by atoms with van der Waals surface area (Å²) in [7, 11) is 0. The summed E-state index contributed by atoms with van der Waals surface area (Å²) in [6, 6.07) is 9.91. The predicted octanol–water partition coefficient (Wildman–Crippen LogP) is 3.98. The molecule has 0 atom stereocenters. The lowest BCUT2D eigenvalue weighted by atomic mass is 9.95. The van der Waals surface area contributed by atoms with Crippen molar-refractivity contribution in [3.05, 3.63) is 41.6 Å². The van der Waals surface area contributed by atoms with E-state index < -0.39 is 0 Å². The second kappa shape index (κ2) is 6.82. The Balaban J connectivity index is 1.72. The van der Waals surface area contributed by atoms with Crippen LogP contribution in [0.1, 0.15) is 48.7 Å². The van der Waals surface area contributed by atoms with Crippen molar-refractivity contribution in [2.45, 2.75) is 39.0 Å². The number of rotatable bonds is 3. The molecule has 1 saturated heterocycles. The Labute approximate surface area is 148 Å². The van der Waals surface area contributed by atoms with Gasteiger partial charge in [-0.1, -0.05) is 25.1 Å². The first-order chi connectivity index (χ1) is 12.2. The molecule has 130 valence electrons. The molecule has 5 heteroatoms. The molecular formula is C20H24N4O. The molecular weight excluding hydrogens is 312 g/mol. The van der Waals surface area contributed by atoms with Crippen molar-refractivity contribution in [3.63, 3.8) is 0 Å². The maximum atomic E-state index is 12.5. The molecule has 5 nitrogen and oxygen atoms in total. The van der Waals surface area contributed by atoms with E-state index in [4.69, 9.17) is 9.97 Å². The fourth-order valence-corrected chi connectivity index (χ4v) is 3.61. The van der Waals surface area contributed by atoms with E-state index in [1.165, 1.54) is 12.8 Å². The molecule has 4 rings (SSSR count). The van der Waals surface area contributed by atoms with Gasteiger partial charge < -0.3 is 10.2 Å². The molecule has 2 heterocycles. The van der Waals surface area contributed by atoms with Crippen LogP contribution in [0.15, 0.2) is 30.3 Å². The molecule has 25 heavy (non-hydrogen) atoms. The van der Waals surface area contributed by atoms with Gasteiger partial charge in [-0.2, -0.15) is 4.98 Å². The van der Waals surface area contributed by atoms with Gasteiger partial charge in [0, 0.05) is 25.2 Å². The van der Waals surface area contributed by atoms with Gasteiger partial charge in [-0.15, -0.1) is 0 Å². The molecule has 1 aromatic heterocycles. The Kier molecular flexibility index (Phi) is 4.38. The third-order valence-corrected chi connectivity index (χ3v) is 5.17. The Bertz CT molecular complexity index is 767. The quantitative estimate of drug-likeness (QED) is 0.919. The molecule has 1 aliphatic carbocycles. The van der Waals surface area contributed by atoms with Gasteiger partial charge in [-0.05, 0) is 43.7 Å². The highest BCUT2D eigenvalue weighted by molar-refractivity contribution is 6.03. The Hall–Kier alpha value is -2.43. The van der Waals surface area contributed by atoms with E-state index in [-0.39, 0.29) is 5.78 Å². The van der Waals surface area contributed by atoms with Crippen LogP contribution in [0.25, 0.3) is 0 Å². The van der Waals surface area contributed by atoms with Gasteiger partial charge in [0.25, 0.3) is 0 Å². The minimum atomic E-state index is 0.151. The number of aromatic nitrogens is 2. The van der Waals surface area contributed by atoms with Crippen molar-refractivity contribution < 1.29 is 4.79 Å². The van der Waals surface area contributed by atoms with Crippen LogP contribution in [0.5, 0.6) is 0 Å². The molecule has 0 spiro atoms. The highest BCUT2D eigenvalue weighted by Gasteiger charge is 2.27. The summed E-state index contributed by atoms with van der Waals surface area (Å²) in [5.41, 5.74) is 2.53. The summed E-state index contributed by atoms with van der Waals surface area (Å²) in [6.07, 6.45) is 4.65. The van der Waals surface area contributed by atoms with Crippen molar-refractivity contribution >= 4 is 23.2 Å². The van der Waals surface area contributed by atoms with Crippen molar-refractivity contribution in [2.75, 3.05) is 23.3 Å². The fourth-order valence-electron chi connectivity index (χ4n) is 3.61. The van der Waals surface area contributed by atoms with Crippen LogP contribution < -0.4 is 10.2 Å². The van der Waals surface area contributed by atoms with Crippen LogP contribution in [0, 0.1) is 5.92 Å². The van der Waals surface area contributed by atoms with Crippen LogP contribution in [0.3, 0.4) is 0 Å². The number of nitrogens with one attached hydrogen (secondary N) is 1. The highest BCUT2D eigenvalue weighted by Crippen LogP contribution is 2.31. The second-order valence-corrected chi connectivity index (χ2v) is 7.13. The average Bonchev–Trinajstić information content (AvgIpc) is 2.63. The maximum absolute atomic E-state index is 12.5. The minimum absolute atomic E-state index is 0.151. The summed E-state index contributed by atoms with van der Waals surface area (Å²) in [6.45, 7) is 4.27. The number of carbonyl (C=O) groups is 1. The number of hydrogen-bond acceptors (Lipinski definition) is 5. The van der Waals surface area contributed by atoms with Gasteiger partial charge in [0.05, 0.1) is 11.3 Å². The SMILES string of the molecule is CC1CCN(c2nc3c(c(Nc4ccccc4)n2)C(=O)CCC3)CC1. The first-order valence-electron chi connectivity index (χ1n) is 9.22. The van der Waals surface area contributed by atoms with Crippen molar-refractivity contribution in [1.82, 2.24) is 9.97 Å². The zero-order valence-corrected chi connectivity index (χ0v) is 14.7. The second-order valence-electron chi connectivity index (χ2n) is 7.13. The van der Waals surface area contributed by atoms with E-state index in [1.807, 2.05) is 30.3 Å². The zero-order chi connectivity index (χ0) is 17.2. The van der Waals surface area contributed by atoms with Crippen LogP contribution >= 0.6 is 0 Å². The van der Waals surface area contributed by atoms with Gasteiger partial charge >= 0.3 is 0 Å². The maximum Gasteiger partial charge on any atom is 0.227 e. The fraction of sp³-hybridized carbons (Fsp3) is 0.450. The first-order valence-corrected chi connectivity index (χ1v) is 9.22. The lowest BCUT2D eigenvalue weighted by Crippen LogP contribution is -2.35. The third kappa shape index (κ3) is 3.36.